The second kappa shape index (κ2) is 8.41. The molecule has 1 aromatic heterocycles. The van der Waals surface area contributed by atoms with Crippen LogP contribution in [0.1, 0.15) is 71.3 Å². The first-order valence-electron chi connectivity index (χ1n) is 10.6. The third kappa shape index (κ3) is 3.81. The topological polar surface area (TPSA) is 63.6 Å². The smallest absolute Gasteiger partial charge is 0.268 e. The molecule has 2 amide bonds. The first-order valence-corrected chi connectivity index (χ1v) is 10.6. The highest BCUT2D eigenvalue weighted by Crippen LogP contribution is 2.27. The zero-order valence-corrected chi connectivity index (χ0v) is 17.2. The van der Waals surface area contributed by atoms with Gasteiger partial charge in [-0.2, -0.15) is 0 Å². The van der Waals surface area contributed by atoms with Crippen LogP contribution in [0.4, 0.5) is 0 Å². The molecular formula is C23H29N3O3. The fraction of sp³-hybridized carbons (Fsp3) is 0.478. The van der Waals surface area contributed by atoms with Crippen molar-refractivity contribution in [2.24, 2.45) is 0 Å². The van der Waals surface area contributed by atoms with Gasteiger partial charge >= 0.3 is 0 Å². The first-order chi connectivity index (χ1) is 14.1. The lowest BCUT2D eigenvalue weighted by Crippen LogP contribution is -2.34. The average molecular weight is 396 g/mol. The second-order valence-corrected chi connectivity index (χ2v) is 7.93. The number of fused-ring (bicyclic) bond motifs is 1. The molecule has 154 valence electrons. The Morgan fingerprint density at radius 2 is 2.03 bits per heavy atom. The summed E-state index contributed by atoms with van der Waals surface area (Å²) in [6.07, 6.45) is 2.85. The molecule has 1 N–H and O–H groups in total. The van der Waals surface area contributed by atoms with Gasteiger partial charge in [0.15, 0.2) is 0 Å². The summed E-state index contributed by atoms with van der Waals surface area (Å²) in [5.41, 5.74) is 3.06. The zero-order chi connectivity index (χ0) is 20.4. The van der Waals surface area contributed by atoms with Gasteiger partial charge in [-0.25, -0.2) is 0 Å². The summed E-state index contributed by atoms with van der Waals surface area (Å²) in [6, 6.07) is 11.9. The molecule has 2 unspecified atom stereocenters. The van der Waals surface area contributed by atoms with Crippen LogP contribution >= 0.6 is 0 Å². The van der Waals surface area contributed by atoms with Crippen molar-refractivity contribution in [1.29, 1.82) is 0 Å². The molecule has 2 aliphatic heterocycles. The van der Waals surface area contributed by atoms with Crippen LogP contribution in [-0.2, 0) is 17.9 Å². The number of aromatic nitrogens is 1. The summed E-state index contributed by atoms with van der Waals surface area (Å²) in [4.78, 5) is 28.3. The predicted molar refractivity (Wildman–Crippen MR) is 111 cm³/mol. The molecular weight excluding hydrogens is 366 g/mol. The van der Waals surface area contributed by atoms with Gasteiger partial charge in [-0.05, 0) is 37.8 Å². The molecule has 0 bridgehead atoms. The van der Waals surface area contributed by atoms with E-state index in [9.17, 15) is 9.59 Å². The van der Waals surface area contributed by atoms with Gasteiger partial charge < -0.3 is 19.5 Å². The minimum atomic E-state index is -0.141. The molecule has 0 radical (unpaired) electrons. The Morgan fingerprint density at radius 1 is 1.24 bits per heavy atom. The Morgan fingerprint density at radius 3 is 2.72 bits per heavy atom. The molecule has 0 spiro atoms. The molecule has 29 heavy (non-hydrogen) atoms. The fourth-order valence-electron chi connectivity index (χ4n) is 4.43. The van der Waals surface area contributed by atoms with E-state index in [0.717, 1.165) is 37.1 Å². The van der Waals surface area contributed by atoms with E-state index in [-0.39, 0.29) is 23.9 Å². The van der Waals surface area contributed by atoms with E-state index >= 15 is 0 Å². The number of ether oxygens (including phenoxy) is 1. The van der Waals surface area contributed by atoms with Crippen LogP contribution in [0, 0.1) is 0 Å². The van der Waals surface area contributed by atoms with Crippen LogP contribution in [0.5, 0.6) is 0 Å². The van der Waals surface area contributed by atoms with Crippen molar-refractivity contribution in [3.8, 4) is 0 Å². The van der Waals surface area contributed by atoms with E-state index in [2.05, 4.69) is 19.2 Å². The van der Waals surface area contributed by atoms with Crippen LogP contribution in [-0.4, -0.2) is 40.5 Å². The van der Waals surface area contributed by atoms with E-state index in [1.807, 2.05) is 39.8 Å². The maximum atomic E-state index is 13.2. The summed E-state index contributed by atoms with van der Waals surface area (Å²) in [5, 5.41) is 3.15. The predicted octanol–water partition coefficient (Wildman–Crippen LogP) is 3.52. The summed E-state index contributed by atoms with van der Waals surface area (Å²) >= 11 is 0. The molecule has 0 saturated carbocycles. The summed E-state index contributed by atoms with van der Waals surface area (Å²) in [7, 11) is 0. The Bertz CT molecular complexity index is 890. The quantitative estimate of drug-likeness (QED) is 0.842. The van der Waals surface area contributed by atoms with E-state index < -0.39 is 0 Å². The van der Waals surface area contributed by atoms with Crippen molar-refractivity contribution in [3.05, 3.63) is 58.9 Å². The van der Waals surface area contributed by atoms with E-state index in [1.54, 1.807) is 6.07 Å². The van der Waals surface area contributed by atoms with Crippen molar-refractivity contribution in [3.63, 3.8) is 0 Å². The van der Waals surface area contributed by atoms with Gasteiger partial charge in [-0.3, -0.25) is 9.59 Å². The normalized spacial score (nSPS) is 19.7. The highest BCUT2D eigenvalue weighted by molar-refractivity contribution is 6.01. The van der Waals surface area contributed by atoms with E-state index in [4.69, 9.17) is 4.74 Å². The van der Waals surface area contributed by atoms with Crippen LogP contribution < -0.4 is 5.32 Å². The SMILES string of the molecule is CCC(NC(=O)c1cc(C(=O)N2CCCC2C)c2n1CCOC2)c1ccccc1. The largest absolute Gasteiger partial charge is 0.373 e. The molecule has 3 heterocycles. The molecule has 2 atom stereocenters. The minimum absolute atomic E-state index is 0.0124. The molecule has 4 rings (SSSR count). The Balaban J connectivity index is 1.62. The molecule has 1 aromatic carbocycles. The summed E-state index contributed by atoms with van der Waals surface area (Å²) in [6.45, 7) is 6.42. The maximum absolute atomic E-state index is 13.2. The number of benzene rings is 1. The van der Waals surface area contributed by atoms with Gasteiger partial charge in [0.2, 0.25) is 0 Å². The number of nitrogens with zero attached hydrogens (tertiary/aromatic N) is 2. The Kier molecular flexibility index (Phi) is 5.72. The minimum Gasteiger partial charge on any atom is -0.373 e. The molecule has 6 heteroatoms. The highest BCUT2D eigenvalue weighted by Gasteiger charge is 2.32. The van der Waals surface area contributed by atoms with Gasteiger partial charge in [-0.1, -0.05) is 37.3 Å². The number of carbonyl (C=O) groups excluding carboxylic acids is 2. The molecule has 6 nitrogen and oxygen atoms in total. The van der Waals surface area contributed by atoms with Crippen LogP contribution in [0.25, 0.3) is 0 Å². The summed E-state index contributed by atoms with van der Waals surface area (Å²) in [5.74, 6) is -0.129. The van der Waals surface area contributed by atoms with Gasteiger partial charge in [0.05, 0.1) is 30.5 Å². The van der Waals surface area contributed by atoms with Crippen molar-refractivity contribution in [2.75, 3.05) is 13.2 Å². The number of rotatable bonds is 5. The molecule has 2 aliphatic rings. The fourth-order valence-corrected chi connectivity index (χ4v) is 4.43. The lowest BCUT2D eigenvalue weighted by atomic mass is 10.0. The van der Waals surface area contributed by atoms with Crippen LogP contribution in [0.2, 0.25) is 0 Å². The molecule has 1 fully saturated rings. The van der Waals surface area contributed by atoms with Crippen molar-refractivity contribution >= 4 is 11.8 Å². The van der Waals surface area contributed by atoms with Gasteiger partial charge in [0, 0.05) is 19.1 Å². The number of likely N-dealkylation sites (tertiary alicyclic amines) is 1. The van der Waals surface area contributed by atoms with Gasteiger partial charge in [0.1, 0.15) is 5.69 Å². The Labute approximate surface area is 171 Å². The zero-order valence-electron chi connectivity index (χ0n) is 17.2. The lowest BCUT2D eigenvalue weighted by Gasteiger charge is -2.23. The Hall–Kier alpha value is -2.60. The summed E-state index contributed by atoms with van der Waals surface area (Å²) < 4.78 is 7.58. The number of hydrogen-bond donors (Lipinski definition) is 1. The van der Waals surface area contributed by atoms with Crippen molar-refractivity contribution < 1.29 is 14.3 Å². The van der Waals surface area contributed by atoms with Gasteiger partial charge in [0.25, 0.3) is 11.8 Å². The first kappa shape index (κ1) is 19.7. The standard InChI is InChI=1S/C23H29N3O3/c1-3-19(17-9-5-4-6-10-17)24-22(27)20-14-18(21-15-29-13-12-26(20)21)23(28)25-11-7-8-16(25)2/h4-6,9-10,14,16,19H,3,7-8,11-13,15H2,1-2H3,(H,24,27). The van der Waals surface area contributed by atoms with Crippen LogP contribution in [0.3, 0.4) is 0 Å². The molecule has 0 aliphatic carbocycles. The van der Waals surface area contributed by atoms with Gasteiger partial charge in [-0.15, -0.1) is 0 Å². The number of hydrogen-bond acceptors (Lipinski definition) is 3. The number of carbonyl (C=O) groups is 2. The number of nitrogens with one attached hydrogen (secondary N) is 1. The van der Waals surface area contributed by atoms with E-state index in [0.29, 0.717) is 31.0 Å². The second-order valence-electron chi connectivity index (χ2n) is 7.93. The van der Waals surface area contributed by atoms with Crippen molar-refractivity contribution in [2.45, 2.75) is 58.3 Å². The third-order valence-corrected chi connectivity index (χ3v) is 6.10. The monoisotopic (exact) mass is 395 g/mol. The number of amides is 2. The van der Waals surface area contributed by atoms with E-state index in [1.165, 1.54) is 0 Å². The lowest BCUT2D eigenvalue weighted by molar-refractivity contribution is 0.0696. The maximum Gasteiger partial charge on any atom is 0.268 e. The average Bonchev–Trinajstić information content (AvgIpc) is 3.36. The molecule has 1 saturated heterocycles. The van der Waals surface area contributed by atoms with Crippen LogP contribution in [0.15, 0.2) is 36.4 Å². The van der Waals surface area contributed by atoms with Crippen molar-refractivity contribution in [1.82, 2.24) is 14.8 Å². The third-order valence-electron chi connectivity index (χ3n) is 6.10. The molecule has 2 aromatic rings. The highest BCUT2D eigenvalue weighted by atomic mass is 16.5.